The van der Waals surface area contributed by atoms with Crippen molar-refractivity contribution in [1.82, 2.24) is 10.2 Å². The second kappa shape index (κ2) is 4.65. The van der Waals surface area contributed by atoms with Gasteiger partial charge in [-0.15, -0.1) is 0 Å². The molecule has 0 saturated carbocycles. The van der Waals surface area contributed by atoms with Gasteiger partial charge in [0.25, 0.3) is 5.91 Å². The Kier molecular flexibility index (Phi) is 3.04. The summed E-state index contributed by atoms with van der Waals surface area (Å²) >= 11 is 0. The van der Waals surface area contributed by atoms with Crippen molar-refractivity contribution in [3.05, 3.63) is 47.5 Å². The van der Waals surface area contributed by atoms with E-state index in [-0.39, 0.29) is 5.56 Å². The van der Waals surface area contributed by atoms with Gasteiger partial charge in [0.2, 0.25) is 0 Å². The minimum Gasteiger partial charge on any atom is -0.379 e. The number of halogens is 1. The van der Waals surface area contributed by atoms with Gasteiger partial charge in [-0.3, -0.25) is 9.89 Å². The summed E-state index contributed by atoms with van der Waals surface area (Å²) in [4.78, 5) is 10.9. The number of primary amides is 1. The number of nitrogens with zero attached hydrogens (tertiary/aromatic N) is 1. The largest absolute Gasteiger partial charge is 0.379 e. The molecule has 1 aromatic carbocycles. The summed E-state index contributed by atoms with van der Waals surface area (Å²) in [6, 6.07) is 5.94. The molecule has 5 nitrogen and oxygen atoms in total. The summed E-state index contributed by atoms with van der Waals surface area (Å²) in [7, 11) is 0. The topological polar surface area (TPSA) is 83.8 Å². The van der Waals surface area contributed by atoms with Crippen LogP contribution in [0.15, 0.2) is 30.5 Å². The molecular formula is C11H11FN4O. The van der Waals surface area contributed by atoms with Gasteiger partial charge >= 0.3 is 0 Å². The molecule has 17 heavy (non-hydrogen) atoms. The molecule has 0 fully saturated rings. The number of carbonyl (C=O) groups is 1. The first-order valence-electron chi connectivity index (χ1n) is 4.98. The Hall–Kier alpha value is -2.37. The van der Waals surface area contributed by atoms with E-state index in [1.165, 1.54) is 18.2 Å². The summed E-state index contributed by atoms with van der Waals surface area (Å²) in [6.45, 7) is 0.504. The zero-order valence-electron chi connectivity index (χ0n) is 8.90. The molecule has 0 aliphatic rings. The minimum atomic E-state index is -0.785. The molecule has 2 rings (SSSR count). The summed E-state index contributed by atoms with van der Waals surface area (Å²) < 4.78 is 13.2. The van der Waals surface area contributed by atoms with Crippen LogP contribution in [0, 0.1) is 5.82 Å². The first-order valence-corrected chi connectivity index (χ1v) is 4.98. The van der Waals surface area contributed by atoms with Gasteiger partial charge in [0.15, 0.2) is 0 Å². The molecule has 6 heteroatoms. The smallest absolute Gasteiger partial charge is 0.251 e. The number of aromatic nitrogens is 2. The molecule has 0 radical (unpaired) electrons. The first kappa shape index (κ1) is 11.1. The minimum absolute atomic E-state index is 0.125. The number of nitrogens with one attached hydrogen (secondary N) is 2. The maximum Gasteiger partial charge on any atom is 0.251 e. The van der Waals surface area contributed by atoms with Gasteiger partial charge in [0.1, 0.15) is 5.82 Å². The van der Waals surface area contributed by atoms with Gasteiger partial charge in [-0.05, 0) is 24.3 Å². The number of rotatable bonds is 4. The molecule has 88 valence electrons. The lowest BCUT2D eigenvalue weighted by molar-refractivity contribution is 0.0996. The van der Waals surface area contributed by atoms with E-state index in [1.807, 2.05) is 6.07 Å². The van der Waals surface area contributed by atoms with Crippen LogP contribution < -0.4 is 11.1 Å². The van der Waals surface area contributed by atoms with Gasteiger partial charge in [0.05, 0.1) is 17.8 Å². The van der Waals surface area contributed by atoms with Crippen molar-refractivity contribution in [2.24, 2.45) is 5.73 Å². The standard InChI is InChI=1S/C11H11FN4O/c12-10-2-1-7(5-9(10)11(13)17)14-6-8-3-4-15-16-8/h1-5,14H,6H2,(H2,13,17)(H,15,16). The van der Waals surface area contributed by atoms with E-state index >= 15 is 0 Å². The van der Waals surface area contributed by atoms with Crippen LogP contribution in [0.3, 0.4) is 0 Å². The Morgan fingerprint density at radius 3 is 2.94 bits per heavy atom. The SMILES string of the molecule is NC(=O)c1cc(NCc2ccn[nH]2)ccc1F. The molecule has 0 spiro atoms. The predicted molar refractivity (Wildman–Crippen MR) is 60.8 cm³/mol. The van der Waals surface area contributed by atoms with Crippen molar-refractivity contribution in [3.63, 3.8) is 0 Å². The van der Waals surface area contributed by atoms with Crippen molar-refractivity contribution < 1.29 is 9.18 Å². The average Bonchev–Trinajstić information content (AvgIpc) is 2.80. The van der Waals surface area contributed by atoms with Crippen LogP contribution in [0.25, 0.3) is 0 Å². The Morgan fingerprint density at radius 1 is 1.47 bits per heavy atom. The van der Waals surface area contributed by atoms with E-state index in [2.05, 4.69) is 15.5 Å². The molecule has 0 aliphatic carbocycles. The van der Waals surface area contributed by atoms with Gasteiger partial charge in [-0.2, -0.15) is 5.10 Å². The Balaban J connectivity index is 2.11. The van der Waals surface area contributed by atoms with E-state index in [1.54, 1.807) is 6.20 Å². The maximum absolute atomic E-state index is 13.2. The van der Waals surface area contributed by atoms with Crippen LogP contribution in [0.2, 0.25) is 0 Å². The molecular weight excluding hydrogens is 223 g/mol. The molecule has 0 bridgehead atoms. The van der Waals surface area contributed by atoms with Crippen LogP contribution in [0.4, 0.5) is 10.1 Å². The van der Waals surface area contributed by atoms with E-state index in [9.17, 15) is 9.18 Å². The van der Waals surface area contributed by atoms with Gasteiger partial charge in [0, 0.05) is 11.9 Å². The maximum atomic E-state index is 13.2. The van der Waals surface area contributed by atoms with Gasteiger partial charge in [-0.25, -0.2) is 4.39 Å². The van der Waals surface area contributed by atoms with Crippen LogP contribution in [0.1, 0.15) is 16.1 Å². The molecule has 1 amide bonds. The fourth-order valence-corrected chi connectivity index (χ4v) is 1.40. The van der Waals surface area contributed by atoms with Crippen molar-refractivity contribution in [3.8, 4) is 0 Å². The lowest BCUT2D eigenvalue weighted by Crippen LogP contribution is -2.13. The summed E-state index contributed by atoms with van der Waals surface area (Å²) in [5.74, 6) is -1.41. The fraction of sp³-hybridized carbons (Fsp3) is 0.0909. The second-order valence-corrected chi connectivity index (χ2v) is 3.49. The third-order valence-corrected chi connectivity index (χ3v) is 2.27. The highest BCUT2D eigenvalue weighted by Gasteiger charge is 2.08. The van der Waals surface area contributed by atoms with Crippen LogP contribution >= 0.6 is 0 Å². The van der Waals surface area contributed by atoms with Crippen LogP contribution in [-0.2, 0) is 6.54 Å². The van der Waals surface area contributed by atoms with Crippen LogP contribution in [-0.4, -0.2) is 16.1 Å². The first-order chi connectivity index (χ1) is 8.16. The number of aromatic amines is 1. The molecule has 0 saturated heterocycles. The molecule has 1 aromatic heterocycles. The lowest BCUT2D eigenvalue weighted by Gasteiger charge is -2.06. The number of anilines is 1. The Labute approximate surface area is 96.8 Å². The number of benzene rings is 1. The number of carbonyl (C=O) groups excluding carboxylic acids is 1. The number of amides is 1. The predicted octanol–water partition coefficient (Wildman–Crippen LogP) is 1.26. The van der Waals surface area contributed by atoms with E-state index in [0.29, 0.717) is 12.2 Å². The molecule has 4 N–H and O–H groups in total. The van der Waals surface area contributed by atoms with E-state index in [0.717, 1.165) is 5.69 Å². The number of nitrogens with two attached hydrogens (primary N) is 1. The highest BCUT2D eigenvalue weighted by atomic mass is 19.1. The van der Waals surface area contributed by atoms with Crippen molar-refractivity contribution >= 4 is 11.6 Å². The lowest BCUT2D eigenvalue weighted by atomic mass is 10.2. The quantitative estimate of drug-likeness (QED) is 0.744. The molecule has 2 aromatic rings. The number of hydrogen-bond acceptors (Lipinski definition) is 3. The van der Waals surface area contributed by atoms with E-state index in [4.69, 9.17) is 5.73 Å². The highest BCUT2D eigenvalue weighted by molar-refractivity contribution is 5.94. The summed E-state index contributed by atoms with van der Waals surface area (Å²) in [6.07, 6.45) is 1.64. The summed E-state index contributed by atoms with van der Waals surface area (Å²) in [5, 5.41) is 9.60. The van der Waals surface area contributed by atoms with Crippen LogP contribution in [0.5, 0.6) is 0 Å². The molecule has 1 heterocycles. The number of hydrogen-bond donors (Lipinski definition) is 3. The number of H-pyrrole nitrogens is 1. The Bertz CT molecular complexity index is 524. The molecule has 0 atom stereocenters. The Morgan fingerprint density at radius 2 is 2.29 bits per heavy atom. The average molecular weight is 234 g/mol. The van der Waals surface area contributed by atoms with Crippen molar-refractivity contribution in [2.45, 2.75) is 6.54 Å². The second-order valence-electron chi connectivity index (χ2n) is 3.49. The van der Waals surface area contributed by atoms with Gasteiger partial charge in [-0.1, -0.05) is 0 Å². The van der Waals surface area contributed by atoms with Crippen molar-refractivity contribution in [1.29, 1.82) is 0 Å². The zero-order chi connectivity index (χ0) is 12.3. The summed E-state index contributed by atoms with van der Waals surface area (Å²) in [5.41, 5.74) is 6.43. The monoisotopic (exact) mass is 234 g/mol. The normalized spacial score (nSPS) is 10.2. The molecule has 0 unspecified atom stereocenters. The van der Waals surface area contributed by atoms with Crippen molar-refractivity contribution in [2.75, 3.05) is 5.32 Å². The van der Waals surface area contributed by atoms with E-state index < -0.39 is 11.7 Å². The third-order valence-electron chi connectivity index (χ3n) is 2.27. The molecule has 0 aliphatic heterocycles. The fourth-order valence-electron chi connectivity index (χ4n) is 1.40. The third kappa shape index (κ3) is 2.60. The highest BCUT2D eigenvalue weighted by Crippen LogP contribution is 2.14. The zero-order valence-corrected chi connectivity index (χ0v) is 8.90. The van der Waals surface area contributed by atoms with Gasteiger partial charge < -0.3 is 11.1 Å².